The van der Waals surface area contributed by atoms with Gasteiger partial charge >= 0.3 is 0 Å². The molecule has 0 aliphatic rings. The Morgan fingerprint density at radius 3 is 2.56 bits per heavy atom. The van der Waals surface area contributed by atoms with E-state index in [1.54, 1.807) is 18.6 Å². The monoisotopic (exact) mass is 259 g/mol. The summed E-state index contributed by atoms with van der Waals surface area (Å²) in [4.78, 5) is 9.78. The van der Waals surface area contributed by atoms with E-state index in [0.717, 1.165) is 11.4 Å². The van der Waals surface area contributed by atoms with Crippen LogP contribution in [0.25, 0.3) is 0 Å². The predicted molar refractivity (Wildman–Crippen MR) is 75.8 cm³/mol. The molecule has 0 amide bonds. The minimum absolute atomic E-state index is 0.0966. The molecule has 2 aromatic rings. The van der Waals surface area contributed by atoms with Gasteiger partial charge in [-0.3, -0.25) is 9.97 Å². The zero-order chi connectivity index (χ0) is 12.8. The Kier molecular flexibility index (Phi) is 4.73. The van der Waals surface area contributed by atoms with Crippen LogP contribution in [0.5, 0.6) is 0 Å². The second-order valence-electron chi connectivity index (χ2n) is 3.85. The number of rotatable bonds is 5. The van der Waals surface area contributed by atoms with Crippen LogP contribution >= 0.6 is 11.8 Å². The maximum absolute atomic E-state index is 4.35. The molecule has 1 aromatic heterocycles. The standard InChI is InChI=1S/C14H17N3S/c1-3-18-12-6-4-11(5-7-12)14(15-2)13-10-16-8-9-17-13/h4-10,14-15H,3H2,1-2H3. The summed E-state index contributed by atoms with van der Waals surface area (Å²) in [6.07, 6.45) is 5.22. The van der Waals surface area contributed by atoms with Crippen molar-refractivity contribution in [3.05, 3.63) is 54.1 Å². The smallest absolute Gasteiger partial charge is 0.0801 e. The van der Waals surface area contributed by atoms with Gasteiger partial charge in [0.1, 0.15) is 0 Å². The average molecular weight is 259 g/mol. The van der Waals surface area contributed by atoms with E-state index < -0.39 is 0 Å². The molecular formula is C14H17N3S. The maximum atomic E-state index is 4.35. The number of hydrogen-bond acceptors (Lipinski definition) is 4. The van der Waals surface area contributed by atoms with Crippen LogP contribution in [0.15, 0.2) is 47.8 Å². The fourth-order valence-electron chi connectivity index (χ4n) is 1.87. The molecule has 0 fully saturated rings. The van der Waals surface area contributed by atoms with Gasteiger partial charge in [0.2, 0.25) is 0 Å². The van der Waals surface area contributed by atoms with Crippen molar-refractivity contribution in [1.82, 2.24) is 15.3 Å². The van der Waals surface area contributed by atoms with Gasteiger partial charge in [0.25, 0.3) is 0 Å². The van der Waals surface area contributed by atoms with Gasteiger partial charge in [-0.25, -0.2) is 0 Å². The zero-order valence-electron chi connectivity index (χ0n) is 10.6. The van der Waals surface area contributed by atoms with Crippen LogP contribution in [-0.4, -0.2) is 22.8 Å². The molecule has 1 unspecified atom stereocenters. The molecule has 1 heterocycles. The van der Waals surface area contributed by atoms with Crippen molar-refractivity contribution in [2.45, 2.75) is 17.9 Å². The number of benzene rings is 1. The lowest BCUT2D eigenvalue weighted by Gasteiger charge is -2.15. The highest BCUT2D eigenvalue weighted by molar-refractivity contribution is 7.99. The van der Waals surface area contributed by atoms with Gasteiger partial charge in [-0.15, -0.1) is 11.8 Å². The highest BCUT2D eigenvalue weighted by Crippen LogP contribution is 2.23. The molecule has 3 nitrogen and oxygen atoms in total. The van der Waals surface area contributed by atoms with Crippen LogP contribution < -0.4 is 5.32 Å². The summed E-state index contributed by atoms with van der Waals surface area (Å²) in [6.45, 7) is 2.16. The van der Waals surface area contributed by atoms with Crippen molar-refractivity contribution < 1.29 is 0 Å². The van der Waals surface area contributed by atoms with Gasteiger partial charge in [0.05, 0.1) is 17.9 Å². The summed E-state index contributed by atoms with van der Waals surface area (Å²) in [5.74, 6) is 1.10. The van der Waals surface area contributed by atoms with Crippen molar-refractivity contribution in [1.29, 1.82) is 0 Å². The molecule has 1 atom stereocenters. The Balaban J connectivity index is 2.23. The van der Waals surface area contributed by atoms with Crippen LogP contribution in [0.3, 0.4) is 0 Å². The lowest BCUT2D eigenvalue weighted by molar-refractivity contribution is 0.666. The zero-order valence-corrected chi connectivity index (χ0v) is 11.4. The van der Waals surface area contributed by atoms with Crippen molar-refractivity contribution in [2.24, 2.45) is 0 Å². The second kappa shape index (κ2) is 6.52. The Labute approximate surface area is 112 Å². The molecule has 1 aromatic carbocycles. The van der Waals surface area contributed by atoms with E-state index in [2.05, 4.69) is 46.5 Å². The van der Waals surface area contributed by atoms with E-state index in [9.17, 15) is 0 Å². The normalized spacial score (nSPS) is 12.3. The summed E-state index contributed by atoms with van der Waals surface area (Å²) in [5, 5.41) is 3.28. The van der Waals surface area contributed by atoms with Crippen molar-refractivity contribution >= 4 is 11.8 Å². The fraction of sp³-hybridized carbons (Fsp3) is 0.286. The molecule has 94 valence electrons. The molecule has 18 heavy (non-hydrogen) atoms. The molecule has 0 aliphatic heterocycles. The number of nitrogens with one attached hydrogen (secondary N) is 1. The molecule has 0 aliphatic carbocycles. The van der Waals surface area contributed by atoms with Crippen LogP contribution in [0.1, 0.15) is 24.2 Å². The Bertz CT molecular complexity index is 470. The number of thioether (sulfide) groups is 1. The van der Waals surface area contributed by atoms with Gasteiger partial charge in [0, 0.05) is 17.3 Å². The fourth-order valence-corrected chi connectivity index (χ4v) is 2.53. The van der Waals surface area contributed by atoms with Gasteiger partial charge in [0.15, 0.2) is 0 Å². The SMILES string of the molecule is CCSc1ccc(C(NC)c2cnccn2)cc1. The quantitative estimate of drug-likeness (QED) is 0.838. The number of aromatic nitrogens is 2. The van der Waals surface area contributed by atoms with E-state index in [4.69, 9.17) is 0 Å². The van der Waals surface area contributed by atoms with Gasteiger partial charge in [-0.2, -0.15) is 0 Å². The first kappa shape index (κ1) is 13.1. The third-order valence-corrected chi connectivity index (χ3v) is 3.59. The van der Waals surface area contributed by atoms with E-state index >= 15 is 0 Å². The van der Waals surface area contributed by atoms with E-state index in [1.807, 2.05) is 18.8 Å². The molecule has 0 saturated heterocycles. The van der Waals surface area contributed by atoms with Crippen LogP contribution in [-0.2, 0) is 0 Å². The lowest BCUT2D eigenvalue weighted by Crippen LogP contribution is -2.18. The molecule has 1 N–H and O–H groups in total. The largest absolute Gasteiger partial charge is 0.308 e. The summed E-state index contributed by atoms with van der Waals surface area (Å²) in [6, 6.07) is 8.70. The van der Waals surface area contributed by atoms with Gasteiger partial charge < -0.3 is 5.32 Å². The molecule has 0 bridgehead atoms. The highest BCUT2D eigenvalue weighted by atomic mass is 32.2. The van der Waals surface area contributed by atoms with E-state index in [-0.39, 0.29) is 6.04 Å². The average Bonchev–Trinajstić information content (AvgIpc) is 2.43. The summed E-state index contributed by atoms with van der Waals surface area (Å²) < 4.78 is 0. The minimum Gasteiger partial charge on any atom is -0.308 e. The number of nitrogens with zero attached hydrogens (tertiary/aromatic N) is 2. The number of hydrogen-bond donors (Lipinski definition) is 1. The maximum Gasteiger partial charge on any atom is 0.0801 e. The summed E-state index contributed by atoms with van der Waals surface area (Å²) in [7, 11) is 1.94. The topological polar surface area (TPSA) is 37.8 Å². The van der Waals surface area contributed by atoms with Crippen LogP contribution in [0.2, 0.25) is 0 Å². The first-order valence-corrected chi connectivity index (χ1v) is 6.99. The van der Waals surface area contributed by atoms with Crippen LogP contribution in [0, 0.1) is 0 Å². The third kappa shape index (κ3) is 3.09. The molecule has 0 saturated carbocycles. The Hall–Kier alpha value is -1.39. The van der Waals surface area contributed by atoms with Gasteiger partial charge in [-0.05, 0) is 30.5 Å². The Morgan fingerprint density at radius 1 is 1.22 bits per heavy atom. The van der Waals surface area contributed by atoms with Crippen molar-refractivity contribution in [2.75, 3.05) is 12.8 Å². The van der Waals surface area contributed by atoms with E-state index in [1.165, 1.54) is 10.5 Å². The first-order chi connectivity index (χ1) is 8.85. The molecule has 0 spiro atoms. The van der Waals surface area contributed by atoms with Crippen molar-refractivity contribution in [3.8, 4) is 0 Å². The third-order valence-electron chi connectivity index (χ3n) is 2.69. The van der Waals surface area contributed by atoms with Crippen molar-refractivity contribution in [3.63, 3.8) is 0 Å². The molecule has 4 heteroatoms. The second-order valence-corrected chi connectivity index (χ2v) is 5.19. The molecule has 2 rings (SSSR count). The molecular weight excluding hydrogens is 242 g/mol. The first-order valence-electron chi connectivity index (χ1n) is 6.01. The Morgan fingerprint density at radius 2 is 2.00 bits per heavy atom. The van der Waals surface area contributed by atoms with E-state index in [0.29, 0.717) is 0 Å². The van der Waals surface area contributed by atoms with Crippen LogP contribution in [0.4, 0.5) is 0 Å². The van der Waals surface area contributed by atoms with Gasteiger partial charge in [-0.1, -0.05) is 19.1 Å². The predicted octanol–water partition coefficient (Wildman–Crippen LogP) is 2.90. The minimum atomic E-state index is 0.0966. The lowest BCUT2D eigenvalue weighted by atomic mass is 10.0. The molecule has 0 radical (unpaired) electrons. The highest BCUT2D eigenvalue weighted by Gasteiger charge is 2.12. The summed E-state index contributed by atoms with van der Waals surface area (Å²) >= 11 is 1.85. The summed E-state index contributed by atoms with van der Waals surface area (Å²) in [5.41, 5.74) is 2.15.